The minimum atomic E-state index is -0.469. The molecule has 0 radical (unpaired) electrons. The van der Waals surface area contributed by atoms with Gasteiger partial charge in [0.15, 0.2) is 0 Å². The first-order valence-corrected chi connectivity index (χ1v) is 2.42. The van der Waals surface area contributed by atoms with Gasteiger partial charge in [0.25, 0.3) is 11.5 Å². The Labute approximate surface area is 55.6 Å². The van der Waals surface area contributed by atoms with E-state index in [0.717, 1.165) is 10.9 Å². The fourth-order valence-corrected chi connectivity index (χ4v) is 0.446. The second-order valence-corrected chi connectivity index (χ2v) is 1.52. The van der Waals surface area contributed by atoms with Crippen molar-refractivity contribution in [3.63, 3.8) is 0 Å². The van der Waals surface area contributed by atoms with Crippen molar-refractivity contribution in [3.05, 3.63) is 16.6 Å². The Kier molecular flexibility index (Phi) is 1.50. The molecule has 0 spiro atoms. The van der Waals surface area contributed by atoms with Crippen molar-refractivity contribution in [2.45, 2.75) is 0 Å². The second kappa shape index (κ2) is 2.31. The normalized spacial score (nSPS) is 9.30. The highest BCUT2D eigenvalue weighted by Gasteiger charge is 1.97. The van der Waals surface area contributed by atoms with Gasteiger partial charge in [0.05, 0.1) is 0 Å². The Hall–Kier alpha value is -1.63. The molecule has 0 aliphatic rings. The third-order valence-corrected chi connectivity index (χ3v) is 0.915. The second-order valence-electron chi connectivity index (χ2n) is 1.52. The first-order valence-electron chi connectivity index (χ1n) is 2.42. The molecule has 5 N–H and O–H groups in total. The van der Waals surface area contributed by atoms with Crippen molar-refractivity contribution in [2.75, 3.05) is 11.3 Å². The zero-order valence-electron chi connectivity index (χ0n) is 4.98. The fourth-order valence-electron chi connectivity index (χ4n) is 0.446. The number of rotatable bonds is 1. The van der Waals surface area contributed by atoms with Crippen LogP contribution in [0.3, 0.4) is 0 Å². The van der Waals surface area contributed by atoms with Gasteiger partial charge in [0.2, 0.25) is 0 Å². The fraction of sp³-hybridized carbons (Fsp3) is 0. The quantitative estimate of drug-likeness (QED) is 0.298. The van der Waals surface area contributed by atoms with Crippen LogP contribution in [0.25, 0.3) is 0 Å². The number of nitrogens with two attached hydrogens (primary N) is 2. The van der Waals surface area contributed by atoms with Crippen LogP contribution in [-0.2, 0) is 0 Å². The first-order chi connectivity index (χ1) is 4.75. The van der Waals surface area contributed by atoms with E-state index in [1.54, 1.807) is 0 Å². The third-order valence-electron chi connectivity index (χ3n) is 0.915. The van der Waals surface area contributed by atoms with Crippen molar-refractivity contribution in [1.29, 1.82) is 0 Å². The molecular weight excluding hydrogens is 136 g/mol. The zero-order chi connectivity index (χ0) is 7.56. The highest BCUT2D eigenvalue weighted by Crippen LogP contribution is 1.84. The van der Waals surface area contributed by atoms with Crippen LogP contribution in [-0.4, -0.2) is 14.9 Å². The van der Waals surface area contributed by atoms with Gasteiger partial charge in [-0.05, 0) is 0 Å². The summed E-state index contributed by atoms with van der Waals surface area (Å²) < 4.78 is 0.757. The maximum Gasteiger partial charge on any atom is 0.292 e. The van der Waals surface area contributed by atoms with E-state index in [0.29, 0.717) is 0 Å². The molecule has 1 aromatic heterocycles. The number of aromatic nitrogens is 3. The van der Waals surface area contributed by atoms with Crippen LogP contribution in [0, 0.1) is 0 Å². The molecule has 1 heterocycles. The van der Waals surface area contributed by atoms with E-state index in [9.17, 15) is 4.79 Å². The first kappa shape index (κ1) is 6.49. The molecule has 0 aromatic carbocycles. The van der Waals surface area contributed by atoms with Crippen molar-refractivity contribution in [3.8, 4) is 0 Å². The summed E-state index contributed by atoms with van der Waals surface area (Å²) in [6.07, 6.45) is 0.987. The molecule has 0 atom stereocenters. The molecule has 0 saturated heterocycles. The molecule has 0 aliphatic heterocycles. The molecular formula is C3H6N6O. The van der Waals surface area contributed by atoms with Gasteiger partial charge in [-0.1, -0.05) is 0 Å². The number of hydrogen-bond donors (Lipinski definition) is 3. The predicted molar refractivity (Wildman–Crippen MR) is 34.3 cm³/mol. The summed E-state index contributed by atoms with van der Waals surface area (Å²) in [7, 11) is 0. The number of hydrazine groups is 1. The van der Waals surface area contributed by atoms with E-state index >= 15 is 0 Å². The van der Waals surface area contributed by atoms with E-state index in [-0.39, 0.29) is 5.95 Å². The summed E-state index contributed by atoms with van der Waals surface area (Å²) in [6, 6.07) is 0. The van der Waals surface area contributed by atoms with Crippen LogP contribution in [0.15, 0.2) is 11.0 Å². The van der Waals surface area contributed by atoms with Gasteiger partial charge in [0.1, 0.15) is 6.20 Å². The molecule has 0 unspecified atom stereocenters. The topological polar surface area (TPSA) is 112 Å². The van der Waals surface area contributed by atoms with Crippen LogP contribution >= 0.6 is 0 Å². The summed E-state index contributed by atoms with van der Waals surface area (Å²) in [5.74, 6) is 10.1. The van der Waals surface area contributed by atoms with Gasteiger partial charge in [-0.3, -0.25) is 10.2 Å². The number of hydrogen-bond acceptors (Lipinski definition) is 6. The lowest BCUT2D eigenvalue weighted by Gasteiger charge is -2.00. The summed E-state index contributed by atoms with van der Waals surface area (Å²) in [5.41, 5.74) is 1.63. The number of nitrogens with one attached hydrogen (secondary N) is 1. The molecule has 1 aromatic rings. The summed E-state index contributed by atoms with van der Waals surface area (Å²) in [5, 5.41) is 6.72. The number of nitrogen functional groups attached to an aromatic ring is 2. The molecule has 0 amide bonds. The molecule has 0 bridgehead atoms. The minimum Gasteiger partial charge on any atom is -0.333 e. The summed E-state index contributed by atoms with van der Waals surface area (Å²) in [4.78, 5) is 10.6. The van der Waals surface area contributed by atoms with Crippen molar-refractivity contribution < 1.29 is 0 Å². The van der Waals surface area contributed by atoms with Crippen molar-refractivity contribution in [2.24, 2.45) is 5.84 Å². The molecule has 7 nitrogen and oxygen atoms in total. The van der Waals surface area contributed by atoms with Crippen LogP contribution in [0.5, 0.6) is 0 Å². The lowest BCUT2D eigenvalue weighted by molar-refractivity contribution is 0.824. The highest BCUT2D eigenvalue weighted by molar-refractivity contribution is 5.19. The summed E-state index contributed by atoms with van der Waals surface area (Å²) in [6.45, 7) is 0. The van der Waals surface area contributed by atoms with E-state index in [2.05, 4.69) is 15.6 Å². The SMILES string of the molecule is NNc1nncc(=O)n1N. The molecule has 0 aliphatic carbocycles. The standard InChI is InChI=1S/C3H6N6O/c4-7-3-8-6-1-2(10)9(3)5/h1H,4-5H2,(H,7,8). The van der Waals surface area contributed by atoms with Gasteiger partial charge in [-0.2, -0.15) is 4.68 Å². The zero-order valence-corrected chi connectivity index (χ0v) is 4.98. The van der Waals surface area contributed by atoms with Gasteiger partial charge in [-0.25, -0.2) is 5.84 Å². The lowest BCUT2D eigenvalue weighted by atomic mass is 10.8. The highest BCUT2D eigenvalue weighted by atomic mass is 16.1. The minimum absolute atomic E-state index is 0.0208. The summed E-state index contributed by atoms with van der Waals surface area (Å²) >= 11 is 0. The van der Waals surface area contributed by atoms with Crippen LogP contribution in [0.1, 0.15) is 0 Å². The largest absolute Gasteiger partial charge is 0.333 e. The Bertz CT molecular complexity index is 279. The average molecular weight is 142 g/mol. The maximum absolute atomic E-state index is 10.6. The average Bonchev–Trinajstić information content (AvgIpc) is 1.95. The van der Waals surface area contributed by atoms with Crippen LogP contribution < -0.4 is 22.7 Å². The van der Waals surface area contributed by atoms with Gasteiger partial charge < -0.3 is 5.84 Å². The van der Waals surface area contributed by atoms with Crippen molar-refractivity contribution >= 4 is 5.95 Å². The van der Waals surface area contributed by atoms with E-state index in [4.69, 9.17) is 11.7 Å². The monoisotopic (exact) mass is 142 g/mol. The predicted octanol–water partition coefficient (Wildman–Crippen LogP) is -2.36. The molecule has 10 heavy (non-hydrogen) atoms. The molecule has 1 rings (SSSR count). The van der Waals surface area contributed by atoms with Gasteiger partial charge in [-0.15, -0.1) is 10.2 Å². The molecule has 54 valence electrons. The Balaban J connectivity index is 3.28. The lowest BCUT2D eigenvalue weighted by Crippen LogP contribution is -2.32. The molecule has 0 fully saturated rings. The van der Waals surface area contributed by atoms with Crippen molar-refractivity contribution in [1.82, 2.24) is 14.9 Å². The van der Waals surface area contributed by atoms with Crippen LogP contribution in [0.2, 0.25) is 0 Å². The van der Waals surface area contributed by atoms with Crippen LogP contribution in [0.4, 0.5) is 5.95 Å². The third kappa shape index (κ3) is 0.890. The van der Waals surface area contributed by atoms with E-state index in [1.165, 1.54) is 0 Å². The Morgan fingerprint density at radius 2 is 2.40 bits per heavy atom. The number of anilines is 1. The van der Waals surface area contributed by atoms with E-state index < -0.39 is 5.56 Å². The Morgan fingerprint density at radius 3 is 2.90 bits per heavy atom. The maximum atomic E-state index is 10.6. The molecule has 7 heteroatoms. The van der Waals surface area contributed by atoms with E-state index in [1.807, 2.05) is 0 Å². The molecule has 0 saturated carbocycles. The van der Waals surface area contributed by atoms with Gasteiger partial charge >= 0.3 is 0 Å². The van der Waals surface area contributed by atoms with Gasteiger partial charge in [0, 0.05) is 0 Å². The number of nitrogens with zero attached hydrogens (tertiary/aromatic N) is 3. The smallest absolute Gasteiger partial charge is 0.292 e. The Morgan fingerprint density at radius 1 is 1.70 bits per heavy atom.